The Bertz CT molecular complexity index is 869. The second kappa shape index (κ2) is 6.74. The fourth-order valence-corrected chi connectivity index (χ4v) is 8.52. The van der Waals surface area contributed by atoms with Gasteiger partial charge in [-0.15, -0.1) is 0 Å². The van der Waals surface area contributed by atoms with Crippen LogP contribution in [0.4, 0.5) is 5.69 Å². The van der Waals surface area contributed by atoms with Crippen molar-refractivity contribution in [2.75, 3.05) is 10.7 Å². The number of hydrogen-bond donors (Lipinski definition) is 1. The molecule has 0 fully saturated rings. The van der Waals surface area contributed by atoms with Gasteiger partial charge in [-0.2, -0.15) is 0 Å². The Balaban J connectivity index is 2.50. The van der Waals surface area contributed by atoms with E-state index in [0.29, 0.717) is 33.2 Å². The maximum atomic E-state index is 6.05. The summed E-state index contributed by atoms with van der Waals surface area (Å²) in [4.78, 5) is 2.40. The van der Waals surface area contributed by atoms with Gasteiger partial charge in [0.2, 0.25) is 0 Å². The highest BCUT2D eigenvalue weighted by Crippen LogP contribution is 2.37. The zero-order chi connectivity index (χ0) is 15.0. The number of nitrogen functional groups attached to an aromatic ring is 1. The number of rotatable bonds is 2. The first-order valence-electron chi connectivity index (χ1n) is 6.60. The van der Waals surface area contributed by atoms with E-state index < -0.39 is 0 Å². The third kappa shape index (κ3) is 3.12. The Hall–Kier alpha value is 0.170. The molecule has 21 heavy (non-hydrogen) atoms. The van der Waals surface area contributed by atoms with Gasteiger partial charge in [0.1, 0.15) is 0 Å². The molecule has 3 aromatic rings. The Labute approximate surface area is 154 Å². The molecule has 0 spiro atoms. The van der Waals surface area contributed by atoms with Crippen molar-refractivity contribution in [2.24, 2.45) is 0 Å². The fourth-order valence-electron chi connectivity index (χ4n) is 2.76. The molecule has 0 aliphatic heterocycles. The quantitative estimate of drug-likeness (QED) is 0.152. The average Bonchev–Trinajstić information content (AvgIpc) is 2.47. The van der Waals surface area contributed by atoms with E-state index in [0.717, 1.165) is 5.69 Å². The second-order valence-corrected chi connectivity index (χ2v) is 17.7. The van der Waals surface area contributed by atoms with Crippen molar-refractivity contribution >= 4 is 83.0 Å². The van der Waals surface area contributed by atoms with E-state index >= 15 is 0 Å². The lowest BCUT2D eigenvalue weighted by atomic mass is 9.93. The van der Waals surface area contributed by atoms with Gasteiger partial charge in [-0.3, -0.25) is 0 Å². The number of halogens is 3. The lowest BCUT2D eigenvalue weighted by molar-refractivity contribution is 1.50. The molecule has 0 saturated carbocycles. The van der Waals surface area contributed by atoms with Crippen LogP contribution in [0.15, 0.2) is 36.4 Å². The van der Waals surface area contributed by atoms with Gasteiger partial charge in [0.15, 0.2) is 0 Å². The van der Waals surface area contributed by atoms with Crippen LogP contribution in [-0.2, 0) is 4.43 Å². The lowest BCUT2D eigenvalue weighted by Gasteiger charge is -2.14. The molecular weight excluding hydrogens is 599 g/mol. The third-order valence-corrected chi connectivity index (χ3v) is 11.9. The second-order valence-electron chi connectivity index (χ2n) is 4.98. The SMILES string of the molecule is CI=ICc1c2ccc(I)cc2c(C)c2ccc(N)cc12. The summed E-state index contributed by atoms with van der Waals surface area (Å²) in [5, 5.41) is 5.58. The van der Waals surface area contributed by atoms with E-state index in [4.69, 9.17) is 5.73 Å². The van der Waals surface area contributed by atoms with E-state index in [-0.39, 0.29) is 0 Å². The molecular formula is C17H16I3N. The van der Waals surface area contributed by atoms with Crippen molar-refractivity contribution in [1.29, 1.82) is 0 Å². The largest absolute Gasteiger partial charge is 0.399 e. The van der Waals surface area contributed by atoms with Crippen molar-refractivity contribution in [2.45, 2.75) is 11.4 Å². The minimum absolute atomic E-state index is 0.339. The minimum Gasteiger partial charge on any atom is -0.399 e. The zero-order valence-corrected chi connectivity index (χ0v) is 18.4. The van der Waals surface area contributed by atoms with Crippen LogP contribution in [0.1, 0.15) is 11.1 Å². The van der Waals surface area contributed by atoms with E-state index in [2.05, 4.69) is 64.8 Å². The molecule has 4 heteroatoms. The van der Waals surface area contributed by atoms with Gasteiger partial charge in [0, 0.05) is 13.7 Å². The van der Waals surface area contributed by atoms with Gasteiger partial charge in [0.05, 0.1) is 0 Å². The molecule has 0 heterocycles. The van der Waals surface area contributed by atoms with Crippen molar-refractivity contribution in [3.8, 4) is 0 Å². The number of anilines is 1. The fraction of sp³-hybridized carbons (Fsp3) is 0.176. The van der Waals surface area contributed by atoms with Crippen molar-refractivity contribution in [3.63, 3.8) is 0 Å². The standard InChI is InChI=1S/C17H16I3N/c1-10-13-6-4-12(21)8-16(13)17(9-20-19-2)14-5-3-11(18)7-15(10)14/h3-8H,9,21H2,1-2H3. The van der Waals surface area contributed by atoms with Crippen LogP contribution in [0.25, 0.3) is 21.5 Å². The van der Waals surface area contributed by atoms with Crippen LogP contribution in [0.5, 0.6) is 0 Å². The van der Waals surface area contributed by atoms with Crippen LogP contribution in [0.2, 0.25) is 0 Å². The van der Waals surface area contributed by atoms with Crippen molar-refractivity contribution < 1.29 is 0 Å². The average molecular weight is 615 g/mol. The zero-order valence-electron chi connectivity index (χ0n) is 11.9. The maximum absolute atomic E-state index is 6.05. The number of benzene rings is 3. The summed E-state index contributed by atoms with van der Waals surface area (Å²) in [5.41, 5.74) is 9.84. The highest BCUT2D eigenvalue weighted by atomic mass is 128. The van der Waals surface area contributed by atoms with Crippen LogP contribution in [0.3, 0.4) is 0 Å². The van der Waals surface area contributed by atoms with Crippen molar-refractivity contribution in [3.05, 3.63) is 51.1 Å². The van der Waals surface area contributed by atoms with Gasteiger partial charge in [-0.05, 0) is 91.4 Å². The lowest BCUT2D eigenvalue weighted by Crippen LogP contribution is -1.93. The molecule has 0 saturated heterocycles. The van der Waals surface area contributed by atoms with E-state index in [1.54, 1.807) is 0 Å². The van der Waals surface area contributed by atoms with E-state index in [9.17, 15) is 0 Å². The van der Waals surface area contributed by atoms with E-state index in [1.807, 2.05) is 6.07 Å². The summed E-state index contributed by atoms with van der Waals surface area (Å²) in [5.74, 6) is 0. The summed E-state index contributed by atoms with van der Waals surface area (Å²) < 4.78 is 2.58. The number of alkyl halides is 2. The predicted molar refractivity (Wildman–Crippen MR) is 121 cm³/mol. The Morgan fingerprint density at radius 1 is 1.00 bits per heavy atom. The van der Waals surface area contributed by atoms with Crippen molar-refractivity contribution in [1.82, 2.24) is 0 Å². The van der Waals surface area contributed by atoms with Gasteiger partial charge in [0.25, 0.3) is 0 Å². The van der Waals surface area contributed by atoms with Crippen LogP contribution in [-0.4, -0.2) is 4.93 Å². The summed E-state index contributed by atoms with van der Waals surface area (Å²) >= 11 is 3.17. The first-order valence-corrected chi connectivity index (χ1v) is 17.6. The molecule has 0 aliphatic carbocycles. The van der Waals surface area contributed by atoms with Gasteiger partial charge in [-0.1, -0.05) is 45.3 Å². The topological polar surface area (TPSA) is 26.0 Å². The molecule has 1 nitrogen and oxygen atoms in total. The normalized spacial score (nSPS) is 12.5. The van der Waals surface area contributed by atoms with Gasteiger partial charge < -0.3 is 5.73 Å². The summed E-state index contributed by atoms with van der Waals surface area (Å²) in [6.45, 7) is 2.24. The highest BCUT2D eigenvalue weighted by molar-refractivity contribution is 14.8. The first kappa shape index (κ1) is 16.0. The monoisotopic (exact) mass is 615 g/mol. The number of aryl methyl sites for hydroxylation is 1. The Kier molecular flexibility index (Phi) is 5.15. The van der Waals surface area contributed by atoms with Gasteiger partial charge >= 0.3 is 0 Å². The summed E-state index contributed by atoms with van der Waals surface area (Å²) in [7, 11) is 0. The molecule has 0 aliphatic rings. The third-order valence-electron chi connectivity index (χ3n) is 3.77. The van der Waals surface area contributed by atoms with Gasteiger partial charge in [-0.25, -0.2) is 0 Å². The minimum atomic E-state index is 0.339. The van der Waals surface area contributed by atoms with Crippen LogP contribution < -0.4 is 5.73 Å². The molecule has 0 bridgehead atoms. The summed E-state index contributed by atoms with van der Waals surface area (Å²) in [6.07, 6.45) is 0. The van der Waals surface area contributed by atoms with Crippen LogP contribution in [0, 0.1) is 10.5 Å². The highest BCUT2D eigenvalue weighted by Gasteiger charge is 2.11. The first-order chi connectivity index (χ1) is 10.1. The molecule has 0 atom stereocenters. The Morgan fingerprint density at radius 3 is 2.52 bits per heavy atom. The molecule has 3 aromatic carbocycles. The number of fused-ring (bicyclic) bond motifs is 2. The predicted octanol–water partition coefficient (Wildman–Crippen LogP) is 6.47. The molecule has 0 unspecified atom stereocenters. The summed E-state index contributed by atoms with van der Waals surface area (Å²) in [6, 6.07) is 13.3. The molecule has 0 amide bonds. The Morgan fingerprint density at radius 2 is 1.76 bits per heavy atom. The maximum Gasteiger partial charge on any atom is 0.0320 e. The number of nitrogens with two attached hydrogens (primary N) is 1. The number of hydrogen-bond acceptors (Lipinski definition) is 1. The molecule has 0 aromatic heterocycles. The molecule has 3 rings (SSSR count). The van der Waals surface area contributed by atoms with E-state index in [1.165, 1.54) is 40.7 Å². The van der Waals surface area contributed by atoms with Crippen LogP contribution >= 0.6 is 55.8 Å². The molecule has 110 valence electrons. The molecule has 0 radical (unpaired) electrons. The molecule has 2 N–H and O–H groups in total. The smallest absolute Gasteiger partial charge is 0.0320 e.